The zero-order chi connectivity index (χ0) is 13.8. The Morgan fingerprint density at radius 3 is 2.56 bits per heavy atom. The Hall–Kier alpha value is -0.820. The lowest BCUT2D eigenvalue weighted by molar-refractivity contribution is 0.281. The molecule has 0 aliphatic rings. The van der Waals surface area contributed by atoms with Crippen LogP contribution in [0.3, 0.4) is 0 Å². The second-order valence-corrected chi connectivity index (χ2v) is 6.11. The highest BCUT2D eigenvalue weighted by Crippen LogP contribution is 2.26. The minimum atomic E-state index is -3.73. The summed E-state index contributed by atoms with van der Waals surface area (Å²) in [5.74, 6) is 0.461. The fourth-order valence-corrected chi connectivity index (χ4v) is 2.18. The molecule has 102 valence electrons. The fourth-order valence-electron chi connectivity index (χ4n) is 1.34. The molecule has 18 heavy (non-hydrogen) atoms. The molecule has 0 fully saturated rings. The van der Waals surface area contributed by atoms with Gasteiger partial charge in [-0.3, -0.25) is 0 Å². The first-order valence-electron chi connectivity index (χ1n) is 5.40. The number of hydrogen-bond acceptors (Lipinski definition) is 4. The molecule has 0 amide bonds. The summed E-state index contributed by atoms with van der Waals surface area (Å²) in [7, 11) is 0.235. The monoisotopic (exact) mass is 292 g/mol. The molecule has 0 saturated carbocycles. The predicted molar refractivity (Wildman–Crippen MR) is 71.5 cm³/mol. The summed E-state index contributed by atoms with van der Waals surface area (Å²) in [5, 5.41) is 5.24. The van der Waals surface area contributed by atoms with Gasteiger partial charge in [-0.1, -0.05) is 11.6 Å². The smallest absolute Gasteiger partial charge is 0.238 e. The summed E-state index contributed by atoms with van der Waals surface area (Å²) in [6, 6.07) is 4.18. The van der Waals surface area contributed by atoms with E-state index < -0.39 is 10.0 Å². The lowest BCUT2D eigenvalue weighted by Crippen LogP contribution is -2.15. The zero-order valence-corrected chi connectivity index (χ0v) is 12.0. The van der Waals surface area contributed by atoms with Crippen LogP contribution in [-0.4, -0.2) is 40.6 Å². The van der Waals surface area contributed by atoms with Gasteiger partial charge in [-0.15, -0.1) is 0 Å². The second-order valence-electron chi connectivity index (χ2n) is 4.14. The van der Waals surface area contributed by atoms with Crippen molar-refractivity contribution in [3.8, 4) is 5.75 Å². The van der Waals surface area contributed by atoms with Crippen molar-refractivity contribution in [2.24, 2.45) is 5.14 Å². The number of ether oxygens (including phenoxy) is 1. The highest BCUT2D eigenvalue weighted by atomic mass is 35.5. The quantitative estimate of drug-likeness (QED) is 0.803. The molecule has 5 nitrogen and oxygen atoms in total. The van der Waals surface area contributed by atoms with Gasteiger partial charge in [0.05, 0.1) is 16.5 Å². The van der Waals surface area contributed by atoms with Gasteiger partial charge in [-0.25, -0.2) is 13.6 Å². The second kappa shape index (κ2) is 6.38. The molecule has 1 rings (SSSR count). The third-order valence-electron chi connectivity index (χ3n) is 2.24. The standard InChI is InChI=1S/C11H17ClN2O3S/c1-14(2)6-3-7-17-11-5-4-9(8-10(11)12)18(13,15)16/h4-5,8H,3,6-7H2,1-2H3,(H2,13,15,16). The molecule has 0 heterocycles. The molecule has 0 atom stereocenters. The molecule has 0 aliphatic carbocycles. The lowest BCUT2D eigenvalue weighted by atomic mass is 10.3. The number of halogens is 1. The summed E-state index contributed by atoms with van der Waals surface area (Å²) >= 11 is 5.92. The number of primary sulfonamides is 1. The van der Waals surface area contributed by atoms with Crippen LogP contribution < -0.4 is 9.88 Å². The van der Waals surface area contributed by atoms with Crippen LogP contribution in [0.5, 0.6) is 5.75 Å². The van der Waals surface area contributed by atoms with Crippen LogP contribution in [0.4, 0.5) is 0 Å². The Morgan fingerprint density at radius 1 is 1.39 bits per heavy atom. The van der Waals surface area contributed by atoms with Crippen LogP contribution in [0.1, 0.15) is 6.42 Å². The molecule has 0 unspecified atom stereocenters. The van der Waals surface area contributed by atoms with E-state index in [1.165, 1.54) is 18.2 Å². The van der Waals surface area contributed by atoms with E-state index in [2.05, 4.69) is 4.90 Å². The van der Waals surface area contributed by atoms with E-state index >= 15 is 0 Å². The molecule has 2 N–H and O–H groups in total. The third kappa shape index (κ3) is 4.81. The van der Waals surface area contributed by atoms with Crippen LogP contribution in [0.25, 0.3) is 0 Å². The number of benzene rings is 1. The van der Waals surface area contributed by atoms with Crippen molar-refractivity contribution in [1.82, 2.24) is 4.90 Å². The molecular formula is C11H17ClN2O3S. The van der Waals surface area contributed by atoms with E-state index in [4.69, 9.17) is 21.5 Å². The largest absolute Gasteiger partial charge is 0.492 e. The molecule has 0 bridgehead atoms. The number of hydrogen-bond donors (Lipinski definition) is 1. The van der Waals surface area contributed by atoms with Crippen molar-refractivity contribution in [2.45, 2.75) is 11.3 Å². The van der Waals surface area contributed by atoms with E-state index in [1.54, 1.807) is 0 Å². The summed E-state index contributed by atoms with van der Waals surface area (Å²) in [5.41, 5.74) is 0. The SMILES string of the molecule is CN(C)CCCOc1ccc(S(N)(=O)=O)cc1Cl. The molecular weight excluding hydrogens is 276 g/mol. The van der Waals surface area contributed by atoms with Gasteiger partial charge in [-0.05, 0) is 38.7 Å². The predicted octanol–water partition coefficient (Wildman–Crippen LogP) is 1.32. The summed E-state index contributed by atoms with van der Waals surface area (Å²) in [6.07, 6.45) is 0.861. The Balaban J connectivity index is 2.64. The molecule has 0 aliphatic heterocycles. The Labute approximate surface area is 113 Å². The van der Waals surface area contributed by atoms with Crippen molar-refractivity contribution >= 4 is 21.6 Å². The van der Waals surface area contributed by atoms with Gasteiger partial charge in [0.15, 0.2) is 0 Å². The summed E-state index contributed by atoms with van der Waals surface area (Å²) < 4.78 is 27.7. The Kier molecular flexibility index (Phi) is 5.40. The van der Waals surface area contributed by atoms with Crippen molar-refractivity contribution in [1.29, 1.82) is 0 Å². The van der Waals surface area contributed by atoms with Gasteiger partial charge >= 0.3 is 0 Å². The normalized spacial score (nSPS) is 11.8. The van der Waals surface area contributed by atoms with Gasteiger partial charge in [0.25, 0.3) is 0 Å². The van der Waals surface area contributed by atoms with Gasteiger partial charge in [0, 0.05) is 6.54 Å². The molecule has 7 heteroatoms. The minimum absolute atomic E-state index is 0.0202. The van der Waals surface area contributed by atoms with Gasteiger partial charge < -0.3 is 9.64 Å². The van der Waals surface area contributed by atoms with Crippen molar-refractivity contribution in [3.05, 3.63) is 23.2 Å². The first kappa shape index (κ1) is 15.2. The third-order valence-corrected chi connectivity index (χ3v) is 3.45. The maximum Gasteiger partial charge on any atom is 0.238 e. The average molecular weight is 293 g/mol. The average Bonchev–Trinajstić information content (AvgIpc) is 2.24. The molecule has 0 saturated heterocycles. The van der Waals surface area contributed by atoms with E-state index in [0.717, 1.165) is 13.0 Å². The van der Waals surface area contributed by atoms with Crippen LogP contribution in [0, 0.1) is 0 Å². The van der Waals surface area contributed by atoms with Crippen LogP contribution >= 0.6 is 11.6 Å². The first-order valence-corrected chi connectivity index (χ1v) is 7.33. The summed E-state index contributed by atoms with van der Waals surface area (Å²) in [6.45, 7) is 1.43. The maximum absolute atomic E-state index is 11.1. The fraction of sp³-hybridized carbons (Fsp3) is 0.455. The number of sulfonamides is 1. The van der Waals surface area contributed by atoms with Crippen LogP contribution in [-0.2, 0) is 10.0 Å². The van der Waals surface area contributed by atoms with E-state index in [0.29, 0.717) is 12.4 Å². The van der Waals surface area contributed by atoms with Crippen molar-refractivity contribution in [2.75, 3.05) is 27.2 Å². The molecule has 1 aromatic rings. The Morgan fingerprint density at radius 2 is 2.06 bits per heavy atom. The van der Waals surface area contributed by atoms with Crippen LogP contribution in [0.2, 0.25) is 5.02 Å². The number of nitrogens with two attached hydrogens (primary N) is 1. The van der Waals surface area contributed by atoms with Gasteiger partial charge in [0.1, 0.15) is 5.75 Å². The Bertz CT molecular complexity index is 503. The van der Waals surface area contributed by atoms with E-state index in [9.17, 15) is 8.42 Å². The molecule has 0 radical (unpaired) electrons. The topological polar surface area (TPSA) is 72.6 Å². The number of nitrogens with zero attached hydrogens (tertiary/aromatic N) is 1. The highest BCUT2D eigenvalue weighted by Gasteiger charge is 2.11. The van der Waals surface area contributed by atoms with Crippen molar-refractivity contribution in [3.63, 3.8) is 0 Å². The van der Waals surface area contributed by atoms with E-state index in [-0.39, 0.29) is 9.92 Å². The molecule has 0 spiro atoms. The van der Waals surface area contributed by atoms with Crippen LogP contribution in [0.15, 0.2) is 23.1 Å². The van der Waals surface area contributed by atoms with Gasteiger partial charge in [0.2, 0.25) is 10.0 Å². The maximum atomic E-state index is 11.1. The van der Waals surface area contributed by atoms with Crippen molar-refractivity contribution < 1.29 is 13.2 Å². The zero-order valence-electron chi connectivity index (χ0n) is 10.4. The molecule has 0 aromatic heterocycles. The summed E-state index contributed by atoms with van der Waals surface area (Å²) in [4.78, 5) is 2.03. The van der Waals surface area contributed by atoms with Gasteiger partial charge in [-0.2, -0.15) is 0 Å². The minimum Gasteiger partial charge on any atom is -0.492 e. The van der Waals surface area contributed by atoms with E-state index in [1.807, 2.05) is 14.1 Å². The first-order chi connectivity index (χ1) is 8.30. The highest BCUT2D eigenvalue weighted by molar-refractivity contribution is 7.89. The lowest BCUT2D eigenvalue weighted by Gasteiger charge is -2.11. The number of rotatable bonds is 6. The molecule has 1 aromatic carbocycles.